The predicted molar refractivity (Wildman–Crippen MR) is 90.5 cm³/mol. The van der Waals surface area contributed by atoms with Crippen molar-refractivity contribution in [2.24, 2.45) is 0 Å². The fourth-order valence-electron chi connectivity index (χ4n) is 2.77. The average Bonchev–Trinajstić information content (AvgIpc) is 2.53. The molecule has 3 rings (SSSR count). The van der Waals surface area contributed by atoms with Gasteiger partial charge in [0.25, 0.3) is 5.91 Å². The molecular formula is C17H16Cl2N2O2. The highest BCUT2D eigenvalue weighted by atomic mass is 35.5. The third kappa shape index (κ3) is 3.43. The highest BCUT2D eigenvalue weighted by Crippen LogP contribution is 2.39. The van der Waals surface area contributed by atoms with E-state index in [1.165, 1.54) is 13.3 Å². The van der Waals surface area contributed by atoms with E-state index in [9.17, 15) is 4.79 Å². The van der Waals surface area contributed by atoms with Gasteiger partial charge in [-0.2, -0.15) is 0 Å². The number of nitrogens with one attached hydrogen (secondary N) is 1. The van der Waals surface area contributed by atoms with E-state index in [1.807, 2.05) is 18.2 Å². The van der Waals surface area contributed by atoms with Crippen LogP contribution >= 0.6 is 23.2 Å². The molecule has 1 heterocycles. The van der Waals surface area contributed by atoms with E-state index in [4.69, 9.17) is 27.9 Å². The largest absolute Gasteiger partial charge is 0.496 e. The standard InChI is InChI=1S/C17H16Cl2N2O2/c1-23-16-4-5-20-9-13(16)17(22)21-12-6-11(7-12)10-2-3-14(18)15(19)8-10/h2-5,8-9,11-12H,6-7H2,1H3,(H,21,22). The van der Waals surface area contributed by atoms with E-state index in [2.05, 4.69) is 10.3 Å². The van der Waals surface area contributed by atoms with Crippen molar-refractivity contribution in [2.75, 3.05) is 7.11 Å². The summed E-state index contributed by atoms with van der Waals surface area (Å²) in [5, 5.41) is 4.14. The zero-order valence-corrected chi connectivity index (χ0v) is 14.1. The number of nitrogens with zero attached hydrogens (tertiary/aromatic N) is 1. The Bertz CT molecular complexity index is 730. The fraction of sp³-hybridized carbons (Fsp3) is 0.294. The Kier molecular flexibility index (Phi) is 4.74. The molecule has 1 aromatic carbocycles. The first kappa shape index (κ1) is 16.1. The van der Waals surface area contributed by atoms with Crippen molar-refractivity contribution in [2.45, 2.75) is 24.8 Å². The first-order valence-corrected chi connectivity index (χ1v) is 8.08. The first-order chi connectivity index (χ1) is 11.1. The van der Waals surface area contributed by atoms with Crippen molar-refractivity contribution in [1.29, 1.82) is 0 Å². The maximum atomic E-state index is 12.3. The number of ether oxygens (including phenoxy) is 1. The number of carbonyl (C=O) groups is 1. The zero-order valence-electron chi connectivity index (χ0n) is 12.6. The number of amides is 1. The summed E-state index contributed by atoms with van der Waals surface area (Å²) in [5.41, 5.74) is 1.61. The predicted octanol–water partition coefficient (Wildman–Crippen LogP) is 4.07. The summed E-state index contributed by atoms with van der Waals surface area (Å²) in [6, 6.07) is 7.52. The van der Waals surface area contributed by atoms with Crippen molar-refractivity contribution in [3.8, 4) is 5.75 Å². The monoisotopic (exact) mass is 350 g/mol. The molecule has 0 spiro atoms. The number of carbonyl (C=O) groups excluding carboxylic acids is 1. The number of hydrogen-bond donors (Lipinski definition) is 1. The molecule has 120 valence electrons. The van der Waals surface area contributed by atoms with Crippen LogP contribution in [0, 0.1) is 0 Å². The third-order valence-electron chi connectivity index (χ3n) is 4.13. The van der Waals surface area contributed by atoms with Crippen LogP contribution in [0.3, 0.4) is 0 Å². The van der Waals surface area contributed by atoms with E-state index in [-0.39, 0.29) is 11.9 Å². The molecule has 1 aromatic heterocycles. The fourth-order valence-corrected chi connectivity index (χ4v) is 3.07. The smallest absolute Gasteiger partial charge is 0.256 e. The molecule has 6 heteroatoms. The van der Waals surface area contributed by atoms with Crippen molar-refractivity contribution < 1.29 is 9.53 Å². The van der Waals surface area contributed by atoms with Gasteiger partial charge in [-0.05, 0) is 42.5 Å². The van der Waals surface area contributed by atoms with Crippen LogP contribution in [0.1, 0.15) is 34.7 Å². The van der Waals surface area contributed by atoms with E-state index in [0.29, 0.717) is 27.3 Å². The lowest BCUT2D eigenvalue weighted by Crippen LogP contribution is -2.43. The molecule has 1 aliphatic rings. The summed E-state index contributed by atoms with van der Waals surface area (Å²) < 4.78 is 5.19. The van der Waals surface area contributed by atoms with Gasteiger partial charge in [-0.3, -0.25) is 9.78 Å². The van der Waals surface area contributed by atoms with Crippen molar-refractivity contribution in [3.63, 3.8) is 0 Å². The second kappa shape index (κ2) is 6.77. The minimum absolute atomic E-state index is 0.145. The molecule has 1 amide bonds. The molecule has 1 saturated carbocycles. The van der Waals surface area contributed by atoms with Crippen molar-refractivity contribution >= 4 is 29.1 Å². The van der Waals surface area contributed by atoms with Crippen molar-refractivity contribution in [1.82, 2.24) is 10.3 Å². The Balaban J connectivity index is 1.59. The molecule has 1 aliphatic carbocycles. The van der Waals surface area contributed by atoms with Crippen LogP contribution < -0.4 is 10.1 Å². The van der Waals surface area contributed by atoms with Crippen LogP contribution in [0.15, 0.2) is 36.7 Å². The van der Waals surface area contributed by atoms with Crippen LogP contribution in [0.4, 0.5) is 0 Å². The van der Waals surface area contributed by atoms with E-state index in [1.54, 1.807) is 12.3 Å². The van der Waals surface area contributed by atoms with Gasteiger partial charge in [-0.1, -0.05) is 29.3 Å². The molecule has 2 aromatic rings. The minimum Gasteiger partial charge on any atom is -0.496 e. The van der Waals surface area contributed by atoms with Crippen LogP contribution in [-0.2, 0) is 0 Å². The lowest BCUT2D eigenvalue weighted by atomic mass is 9.76. The third-order valence-corrected chi connectivity index (χ3v) is 4.87. The number of aromatic nitrogens is 1. The highest BCUT2D eigenvalue weighted by molar-refractivity contribution is 6.42. The molecule has 0 aliphatic heterocycles. The maximum absolute atomic E-state index is 12.3. The Morgan fingerprint density at radius 2 is 2.04 bits per heavy atom. The molecule has 0 saturated heterocycles. The summed E-state index contributed by atoms with van der Waals surface area (Å²) >= 11 is 12.0. The van der Waals surface area contributed by atoms with Gasteiger partial charge in [0.2, 0.25) is 0 Å². The summed E-state index contributed by atoms with van der Waals surface area (Å²) in [6.07, 6.45) is 4.88. The maximum Gasteiger partial charge on any atom is 0.256 e. The molecule has 0 atom stereocenters. The Morgan fingerprint density at radius 1 is 1.26 bits per heavy atom. The SMILES string of the molecule is COc1ccncc1C(=O)NC1CC(c2ccc(Cl)c(Cl)c2)C1. The average molecular weight is 351 g/mol. The number of hydrogen-bond acceptors (Lipinski definition) is 3. The topological polar surface area (TPSA) is 51.2 Å². The van der Waals surface area contributed by atoms with Gasteiger partial charge >= 0.3 is 0 Å². The van der Waals surface area contributed by atoms with Crippen LogP contribution in [0.5, 0.6) is 5.75 Å². The summed E-state index contributed by atoms with van der Waals surface area (Å²) in [4.78, 5) is 16.3. The molecule has 23 heavy (non-hydrogen) atoms. The molecule has 1 N–H and O–H groups in total. The van der Waals surface area contributed by atoms with E-state index >= 15 is 0 Å². The minimum atomic E-state index is -0.160. The second-order valence-electron chi connectivity index (χ2n) is 5.59. The molecule has 0 unspecified atom stereocenters. The number of benzene rings is 1. The van der Waals surface area contributed by atoms with Crippen LogP contribution in [0.2, 0.25) is 10.0 Å². The van der Waals surface area contributed by atoms with Gasteiger partial charge in [-0.25, -0.2) is 0 Å². The van der Waals surface area contributed by atoms with Gasteiger partial charge < -0.3 is 10.1 Å². The number of methoxy groups -OCH3 is 1. The molecule has 0 bridgehead atoms. The summed E-state index contributed by atoms with van der Waals surface area (Å²) in [5.74, 6) is 0.760. The quantitative estimate of drug-likeness (QED) is 0.903. The number of pyridine rings is 1. The van der Waals surface area contributed by atoms with Crippen LogP contribution in [-0.4, -0.2) is 24.0 Å². The highest BCUT2D eigenvalue weighted by Gasteiger charge is 2.32. The van der Waals surface area contributed by atoms with Gasteiger partial charge in [0, 0.05) is 18.4 Å². The summed E-state index contributed by atoms with van der Waals surface area (Å²) in [7, 11) is 1.54. The molecule has 4 nitrogen and oxygen atoms in total. The lowest BCUT2D eigenvalue weighted by Gasteiger charge is -2.36. The van der Waals surface area contributed by atoms with Crippen LogP contribution in [0.25, 0.3) is 0 Å². The van der Waals surface area contributed by atoms with Gasteiger partial charge in [-0.15, -0.1) is 0 Å². The van der Waals surface area contributed by atoms with Crippen molar-refractivity contribution in [3.05, 3.63) is 57.8 Å². The van der Waals surface area contributed by atoms with E-state index in [0.717, 1.165) is 18.4 Å². The van der Waals surface area contributed by atoms with Gasteiger partial charge in [0.1, 0.15) is 5.75 Å². The Hall–Kier alpha value is -1.78. The van der Waals surface area contributed by atoms with Gasteiger partial charge in [0.15, 0.2) is 0 Å². The van der Waals surface area contributed by atoms with E-state index < -0.39 is 0 Å². The lowest BCUT2D eigenvalue weighted by molar-refractivity contribution is 0.0905. The Morgan fingerprint density at radius 3 is 2.74 bits per heavy atom. The normalized spacial score (nSPS) is 19.8. The van der Waals surface area contributed by atoms with Gasteiger partial charge in [0.05, 0.1) is 22.7 Å². The molecule has 0 radical (unpaired) electrons. The number of halogens is 2. The second-order valence-corrected chi connectivity index (χ2v) is 6.40. The number of rotatable bonds is 4. The first-order valence-electron chi connectivity index (χ1n) is 7.32. The zero-order chi connectivity index (χ0) is 16.4. The molecule has 1 fully saturated rings. The Labute approximate surface area is 144 Å². The molecular weight excluding hydrogens is 335 g/mol. The summed E-state index contributed by atoms with van der Waals surface area (Å²) in [6.45, 7) is 0.